The third-order valence-electron chi connectivity index (χ3n) is 5.53. The number of aromatic nitrogens is 1. The van der Waals surface area contributed by atoms with Gasteiger partial charge in [-0.05, 0) is 30.2 Å². The summed E-state index contributed by atoms with van der Waals surface area (Å²) in [5.41, 5.74) is 2.66. The van der Waals surface area contributed by atoms with Crippen LogP contribution in [0.2, 0.25) is 0 Å². The molecule has 0 fully saturated rings. The fourth-order valence-corrected chi connectivity index (χ4v) is 3.69. The fourth-order valence-electron chi connectivity index (χ4n) is 3.69. The summed E-state index contributed by atoms with van der Waals surface area (Å²) < 4.78 is 16.2. The first-order chi connectivity index (χ1) is 16.5. The maximum Gasteiger partial charge on any atom is 0.274 e. The number of ether oxygens (including phenoxy) is 2. The van der Waals surface area contributed by atoms with Crippen LogP contribution >= 0.6 is 0 Å². The number of likely N-dealkylation sites (N-methyl/N-ethyl adjacent to an activating group) is 1. The van der Waals surface area contributed by atoms with Crippen LogP contribution in [0, 0.1) is 0 Å². The number of amides is 2. The van der Waals surface area contributed by atoms with Crippen LogP contribution in [0.5, 0.6) is 5.75 Å². The van der Waals surface area contributed by atoms with E-state index in [0.29, 0.717) is 30.2 Å². The van der Waals surface area contributed by atoms with E-state index in [1.165, 1.54) is 4.90 Å². The zero-order valence-corrected chi connectivity index (χ0v) is 19.2. The molecule has 0 aliphatic carbocycles. The Labute approximate surface area is 198 Å². The van der Waals surface area contributed by atoms with Crippen molar-refractivity contribution in [3.63, 3.8) is 0 Å². The molecule has 2 heterocycles. The van der Waals surface area contributed by atoms with Crippen LogP contribution in [0.15, 0.2) is 59.1 Å². The van der Waals surface area contributed by atoms with Gasteiger partial charge in [-0.3, -0.25) is 9.59 Å². The zero-order chi connectivity index (χ0) is 23.9. The molecule has 1 unspecified atom stereocenters. The van der Waals surface area contributed by atoms with Crippen molar-refractivity contribution in [3.8, 4) is 5.75 Å². The largest absolute Gasteiger partial charge is 0.489 e. The molecule has 1 atom stereocenters. The van der Waals surface area contributed by atoms with Crippen molar-refractivity contribution in [2.75, 3.05) is 44.1 Å². The van der Waals surface area contributed by atoms with Gasteiger partial charge in [0, 0.05) is 45.5 Å². The molecule has 0 radical (unpaired) electrons. The van der Waals surface area contributed by atoms with Gasteiger partial charge >= 0.3 is 0 Å². The van der Waals surface area contributed by atoms with Gasteiger partial charge in [0.15, 0.2) is 5.69 Å². The maximum absolute atomic E-state index is 13.1. The number of carbonyl (C=O) groups excluding carboxylic acids is 2. The summed E-state index contributed by atoms with van der Waals surface area (Å²) >= 11 is 0. The molecule has 0 bridgehead atoms. The van der Waals surface area contributed by atoms with Gasteiger partial charge in [-0.2, -0.15) is 0 Å². The number of hydrogen-bond donors (Lipinski definition) is 2. The highest BCUT2D eigenvalue weighted by Crippen LogP contribution is 2.33. The van der Waals surface area contributed by atoms with E-state index in [-0.39, 0.29) is 18.2 Å². The summed E-state index contributed by atoms with van der Waals surface area (Å²) in [5, 5.41) is 9.90. The van der Waals surface area contributed by atoms with Crippen molar-refractivity contribution in [1.82, 2.24) is 10.5 Å². The molecule has 1 aromatic heterocycles. The molecule has 9 heteroatoms. The Morgan fingerprint density at radius 1 is 1.21 bits per heavy atom. The SMILES string of the molecule is COCCCNc1ccc2c(c1)N(C)C(=O)C(NC(=O)c1cc(Cc3ccccc3)on1)CO2. The van der Waals surface area contributed by atoms with E-state index in [9.17, 15) is 9.59 Å². The smallest absolute Gasteiger partial charge is 0.274 e. The Kier molecular flexibility index (Phi) is 7.44. The van der Waals surface area contributed by atoms with E-state index < -0.39 is 11.9 Å². The van der Waals surface area contributed by atoms with Crippen LogP contribution in [-0.4, -0.2) is 56.9 Å². The lowest BCUT2D eigenvalue weighted by Crippen LogP contribution is -2.49. The lowest BCUT2D eigenvalue weighted by Gasteiger charge is -2.20. The molecule has 178 valence electrons. The number of anilines is 2. The number of carbonyl (C=O) groups is 2. The van der Waals surface area contributed by atoms with Gasteiger partial charge in [0.2, 0.25) is 0 Å². The molecule has 34 heavy (non-hydrogen) atoms. The van der Waals surface area contributed by atoms with Gasteiger partial charge in [-0.1, -0.05) is 35.5 Å². The third-order valence-corrected chi connectivity index (χ3v) is 5.53. The number of nitrogens with zero attached hydrogens (tertiary/aromatic N) is 2. The van der Waals surface area contributed by atoms with Crippen molar-refractivity contribution >= 4 is 23.2 Å². The van der Waals surface area contributed by atoms with Crippen molar-refractivity contribution in [1.29, 1.82) is 0 Å². The minimum atomic E-state index is -0.864. The fraction of sp³-hybridized carbons (Fsp3) is 0.320. The summed E-state index contributed by atoms with van der Waals surface area (Å²) in [6.45, 7) is 1.42. The third kappa shape index (κ3) is 5.55. The summed E-state index contributed by atoms with van der Waals surface area (Å²) in [4.78, 5) is 27.3. The standard InChI is InChI=1S/C25H28N4O5/c1-29-22-14-18(26-11-6-12-32-2)9-10-23(22)33-16-21(25(29)31)27-24(30)20-15-19(34-28-20)13-17-7-4-3-5-8-17/h3-5,7-10,14-15,21,26H,6,11-13,16H2,1-2H3,(H,27,30). The Balaban J connectivity index is 1.39. The predicted molar refractivity (Wildman–Crippen MR) is 127 cm³/mol. The molecule has 3 aromatic rings. The summed E-state index contributed by atoms with van der Waals surface area (Å²) in [7, 11) is 3.33. The first-order valence-electron chi connectivity index (χ1n) is 11.1. The molecular formula is C25H28N4O5. The van der Waals surface area contributed by atoms with E-state index in [1.807, 2.05) is 48.5 Å². The molecule has 2 N–H and O–H groups in total. The molecule has 9 nitrogen and oxygen atoms in total. The average molecular weight is 465 g/mol. The van der Waals surface area contributed by atoms with Crippen LogP contribution in [-0.2, 0) is 16.0 Å². The van der Waals surface area contributed by atoms with E-state index in [4.69, 9.17) is 14.0 Å². The van der Waals surface area contributed by atoms with Crippen LogP contribution < -0.4 is 20.3 Å². The van der Waals surface area contributed by atoms with Crippen LogP contribution in [0.25, 0.3) is 0 Å². The number of fused-ring (bicyclic) bond motifs is 1. The van der Waals surface area contributed by atoms with Gasteiger partial charge < -0.3 is 29.5 Å². The number of hydrogen-bond acceptors (Lipinski definition) is 7. The van der Waals surface area contributed by atoms with Gasteiger partial charge in [-0.25, -0.2) is 0 Å². The van der Waals surface area contributed by atoms with E-state index in [2.05, 4.69) is 15.8 Å². The minimum Gasteiger partial charge on any atom is -0.489 e. The highest BCUT2D eigenvalue weighted by atomic mass is 16.5. The summed E-state index contributed by atoms with van der Waals surface area (Å²) in [5.74, 6) is 0.359. The molecule has 4 rings (SSSR count). The Hall–Kier alpha value is -3.85. The summed E-state index contributed by atoms with van der Waals surface area (Å²) in [6.07, 6.45) is 1.38. The topological polar surface area (TPSA) is 106 Å². The highest BCUT2D eigenvalue weighted by molar-refractivity contribution is 6.03. The first-order valence-corrected chi connectivity index (χ1v) is 11.1. The van der Waals surface area contributed by atoms with E-state index >= 15 is 0 Å². The molecule has 0 saturated carbocycles. The Bertz CT molecular complexity index is 1130. The van der Waals surface area contributed by atoms with Crippen molar-refractivity contribution < 1.29 is 23.6 Å². The van der Waals surface area contributed by atoms with Crippen LogP contribution in [0.1, 0.15) is 28.2 Å². The molecule has 0 spiro atoms. The molecule has 2 aromatic carbocycles. The van der Waals surface area contributed by atoms with Gasteiger partial charge in [0.05, 0.1) is 5.69 Å². The van der Waals surface area contributed by atoms with E-state index in [0.717, 1.165) is 24.2 Å². The first kappa shape index (κ1) is 23.3. The molecule has 0 saturated heterocycles. The maximum atomic E-state index is 13.1. The summed E-state index contributed by atoms with van der Waals surface area (Å²) in [6, 6.07) is 16.0. The van der Waals surface area contributed by atoms with Gasteiger partial charge in [0.1, 0.15) is 24.2 Å². The van der Waals surface area contributed by atoms with Crippen LogP contribution in [0.4, 0.5) is 11.4 Å². The van der Waals surface area contributed by atoms with Crippen molar-refractivity contribution in [2.45, 2.75) is 18.9 Å². The molecule has 2 amide bonds. The predicted octanol–water partition coefficient (Wildman–Crippen LogP) is 2.87. The molecule has 1 aliphatic heterocycles. The van der Waals surface area contributed by atoms with Gasteiger partial charge in [-0.15, -0.1) is 0 Å². The lowest BCUT2D eigenvalue weighted by molar-refractivity contribution is -0.120. The second-order valence-corrected chi connectivity index (χ2v) is 8.03. The molecular weight excluding hydrogens is 436 g/mol. The minimum absolute atomic E-state index is 0.0112. The average Bonchev–Trinajstić information content (AvgIpc) is 3.29. The highest BCUT2D eigenvalue weighted by Gasteiger charge is 2.31. The Morgan fingerprint density at radius 2 is 2.03 bits per heavy atom. The normalized spacial score (nSPS) is 15.3. The van der Waals surface area contributed by atoms with Crippen LogP contribution in [0.3, 0.4) is 0 Å². The van der Waals surface area contributed by atoms with Gasteiger partial charge in [0.25, 0.3) is 11.8 Å². The monoisotopic (exact) mass is 464 g/mol. The van der Waals surface area contributed by atoms with Crippen molar-refractivity contribution in [3.05, 3.63) is 71.6 Å². The zero-order valence-electron chi connectivity index (χ0n) is 19.2. The van der Waals surface area contributed by atoms with E-state index in [1.54, 1.807) is 20.2 Å². The second-order valence-electron chi connectivity index (χ2n) is 8.03. The van der Waals surface area contributed by atoms with Crippen molar-refractivity contribution in [2.24, 2.45) is 0 Å². The quantitative estimate of drug-likeness (QED) is 0.469. The second kappa shape index (κ2) is 10.8. The number of benzene rings is 2. The Morgan fingerprint density at radius 3 is 2.82 bits per heavy atom. The molecule has 1 aliphatic rings. The number of rotatable bonds is 9. The number of methoxy groups -OCH3 is 1. The number of nitrogens with one attached hydrogen (secondary N) is 2. The lowest BCUT2D eigenvalue weighted by atomic mass is 10.1.